The van der Waals surface area contributed by atoms with Crippen LogP contribution >= 0.6 is 0 Å². The van der Waals surface area contributed by atoms with Crippen molar-refractivity contribution in [3.63, 3.8) is 0 Å². The number of hydrogen-bond acceptors (Lipinski definition) is 2. The van der Waals surface area contributed by atoms with Crippen molar-refractivity contribution in [2.45, 2.75) is 39.0 Å². The second kappa shape index (κ2) is 3.98. The second-order valence-corrected chi connectivity index (χ2v) is 4.19. The van der Waals surface area contributed by atoms with Crippen molar-refractivity contribution in [1.82, 2.24) is 0 Å². The molecule has 0 aromatic rings. The number of carboxylic acid groups (broad SMARTS) is 2. The molecule has 0 aromatic carbocycles. The number of hydrogen-bond donors (Lipinski definition) is 2. The molecule has 4 heteroatoms. The van der Waals surface area contributed by atoms with Crippen LogP contribution in [0.25, 0.3) is 0 Å². The first-order valence-electron chi connectivity index (χ1n) is 4.94. The van der Waals surface area contributed by atoms with Gasteiger partial charge < -0.3 is 10.2 Å². The van der Waals surface area contributed by atoms with E-state index in [0.717, 1.165) is 19.3 Å². The smallest absolute Gasteiger partial charge is 0.303 e. The molecule has 1 aliphatic rings. The van der Waals surface area contributed by atoms with Gasteiger partial charge in [0.05, 0.1) is 12.8 Å². The summed E-state index contributed by atoms with van der Waals surface area (Å²) in [7, 11) is 0. The van der Waals surface area contributed by atoms with E-state index in [1.807, 2.05) is 6.92 Å². The lowest BCUT2D eigenvalue weighted by atomic mass is 9.93. The van der Waals surface area contributed by atoms with Crippen molar-refractivity contribution < 1.29 is 19.8 Å². The largest absolute Gasteiger partial charge is 0.481 e. The number of rotatable bonds is 6. The highest BCUT2D eigenvalue weighted by Gasteiger charge is 2.55. The summed E-state index contributed by atoms with van der Waals surface area (Å²) in [5, 5.41) is 17.4. The van der Waals surface area contributed by atoms with Crippen molar-refractivity contribution in [3.05, 3.63) is 0 Å². The van der Waals surface area contributed by atoms with E-state index in [1.54, 1.807) is 0 Å². The van der Waals surface area contributed by atoms with Crippen molar-refractivity contribution in [1.29, 1.82) is 0 Å². The van der Waals surface area contributed by atoms with Crippen LogP contribution < -0.4 is 0 Å². The van der Waals surface area contributed by atoms with E-state index in [-0.39, 0.29) is 12.8 Å². The molecule has 0 heterocycles. The zero-order chi connectivity index (χ0) is 10.8. The molecule has 1 fully saturated rings. The first-order chi connectivity index (χ1) is 6.50. The molecule has 1 saturated carbocycles. The summed E-state index contributed by atoms with van der Waals surface area (Å²) < 4.78 is 0. The van der Waals surface area contributed by atoms with Gasteiger partial charge >= 0.3 is 11.9 Å². The summed E-state index contributed by atoms with van der Waals surface area (Å²) in [4.78, 5) is 21.2. The van der Waals surface area contributed by atoms with Crippen LogP contribution in [-0.2, 0) is 9.59 Å². The Kier molecular flexibility index (Phi) is 3.13. The van der Waals surface area contributed by atoms with Gasteiger partial charge in [-0.2, -0.15) is 0 Å². The van der Waals surface area contributed by atoms with E-state index in [9.17, 15) is 9.59 Å². The van der Waals surface area contributed by atoms with E-state index in [2.05, 4.69) is 0 Å². The standard InChI is InChI=1S/C10H16O4/c1-2-3-7-4-10(7,5-8(11)12)6-9(13)14/h7H,2-6H2,1H3,(H,11,12)(H,13,14). The van der Waals surface area contributed by atoms with Gasteiger partial charge in [-0.15, -0.1) is 0 Å². The third-order valence-corrected chi connectivity index (χ3v) is 3.00. The maximum Gasteiger partial charge on any atom is 0.303 e. The summed E-state index contributed by atoms with van der Waals surface area (Å²) in [6, 6.07) is 0. The maximum absolute atomic E-state index is 10.6. The molecule has 0 spiro atoms. The highest BCUT2D eigenvalue weighted by Crippen LogP contribution is 2.59. The van der Waals surface area contributed by atoms with Crippen molar-refractivity contribution in [3.8, 4) is 0 Å². The minimum absolute atomic E-state index is 0.00394. The van der Waals surface area contributed by atoms with E-state index >= 15 is 0 Å². The van der Waals surface area contributed by atoms with Crippen LogP contribution in [0.1, 0.15) is 39.0 Å². The van der Waals surface area contributed by atoms with Gasteiger partial charge in [-0.1, -0.05) is 19.8 Å². The molecular weight excluding hydrogens is 184 g/mol. The molecule has 1 atom stereocenters. The predicted molar refractivity (Wildman–Crippen MR) is 50.0 cm³/mol. The number of carboxylic acids is 2. The van der Waals surface area contributed by atoms with Crippen LogP contribution in [0.15, 0.2) is 0 Å². The molecule has 14 heavy (non-hydrogen) atoms. The highest BCUT2D eigenvalue weighted by molar-refractivity contribution is 5.73. The Hall–Kier alpha value is -1.06. The minimum atomic E-state index is -0.884. The van der Waals surface area contributed by atoms with Gasteiger partial charge in [-0.05, 0) is 17.8 Å². The average Bonchev–Trinajstić information content (AvgIpc) is 2.59. The van der Waals surface area contributed by atoms with Gasteiger partial charge in [0.15, 0.2) is 0 Å². The summed E-state index contributed by atoms with van der Waals surface area (Å²) in [6.07, 6.45) is 2.71. The quantitative estimate of drug-likeness (QED) is 0.684. The monoisotopic (exact) mass is 200 g/mol. The SMILES string of the molecule is CCCC1CC1(CC(=O)O)CC(=O)O. The number of carbonyl (C=O) groups is 2. The Bertz CT molecular complexity index is 231. The Morgan fingerprint density at radius 3 is 2.14 bits per heavy atom. The second-order valence-electron chi connectivity index (χ2n) is 4.19. The van der Waals surface area contributed by atoms with Crippen LogP contribution in [-0.4, -0.2) is 22.2 Å². The summed E-state index contributed by atoms with van der Waals surface area (Å²) in [5.74, 6) is -1.46. The molecule has 1 rings (SSSR count). The molecule has 2 N–H and O–H groups in total. The third kappa shape index (κ3) is 2.47. The predicted octanol–water partition coefficient (Wildman–Crippen LogP) is 1.74. The Morgan fingerprint density at radius 2 is 1.79 bits per heavy atom. The van der Waals surface area contributed by atoms with Crippen LogP contribution in [0.2, 0.25) is 0 Å². The van der Waals surface area contributed by atoms with Gasteiger partial charge in [-0.25, -0.2) is 0 Å². The molecule has 0 aliphatic heterocycles. The van der Waals surface area contributed by atoms with Crippen LogP contribution in [0.3, 0.4) is 0 Å². The topological polar surface area (TPSA) is 74.6 Å². The molecule has 1 unspecified atom stereocenters. The van der Waals surface area contributed by atoms with E-state index < -0.39 is 17.4 Å². The zero-order valence-corrected chi connectivity index (χ0v) is 8.32. The zero-order valence-electron chi connectivity index (χ0n) is 8.32. The Labute approximate surface area is 82.9 Å². The Morgan fingerprint density at radius 1 is 1.29 bits per heavy atom. The molecule has 0 saturated heterocycles. The summed E-state index contributed by atoms with van der Waals surface area (Å²) in [6.45, 7) is 2.03. The maximum atomic E-state index is 10.6. The summed E-state index contributed by atoms with van der Waals surface area (Å²) >= 11 is 0. The summed E-state index contributed by atoms with van der Waals surface area (Å²) in [5.41, 5.74) is -0.437. The molecule has 80 valence electrons. The molecule has 4 nitrogen and oxygen atoms in total. The lowest BCUT2D eigenvalue weighted by molar-refractivity contribution is -0.141. The fraction of sp³-hybridized carbons (Fsp3) is 0.800. The van der Waals surface area contributed by atoms with Crippen LogP contribution in [0.4, 0.5) is 0 Å². The fourth-order valence-corrected chi connectivity index (χ4v) is 2.29. The van der Waals surface area contributed by atoms with Crippen molar-refractivity contribution in [2.75, 3.05) is 0 Å². The van der Waals surface area contributed by atoms with Gasteiger partial charge in [0, 0.05) is 0 Å². The van der Waals surface area contributed by atoms with Crippen molar-refractivity contribution in [2.24, 2.45) is 11.3 Å². The lowest BCUT2D eigenvalue weighted by Gasteiger charge is -2.11. The third-order valence-electron chi connectivity index (χ3n) is 3.00. The van der Waals surface area contributed by atoms with Crippen LogP contribution in [0.5, 0.6) is 0 Å². The van der Waals surface area contributed by atoms with Gasteiger partial charge in [0.25, 0.3) is 0 Å². The van der Waals surface area contributed by atoms with Crippen LogP contribution in [0, 0.1) is 11.3 Å². The van der Waals surface area contributed by atoms with E-state index in [0.29, 0.717) is 5.92 Å². The average molecular weight is 200 g/mol. The molecule has 0 amide bonds. The lowest BCUT2D eigenvalue weighted by Crippen LogP contribution is -2.15. The fourth-order valence-electron chi connectivity index (χ4n) is 2.29. The highest BCUT2D eigenvalue weighted by atomic mass is 16.4. The Balaban J connectivity index is 2.55. The van der Waals surface area contributed by atoms with Gasteiger partial charge in [0.1, 0.15) is 0 Å². The minimum Gasteiger partial charge on any atom is -0.481 e. The van der Waals surface area contributed by atoms with E-state index in [1.165, 1.54) is 0 Å². The van der Waals surface area contributed by atoms with E-state index in [4.69, 9.17) is 10.2 Å². The molecule has 0 bridgehead atoms. The number of aliphatic carboxylic acids is 2. The van der Waals surface area contributed by atoms with Gasteiger partial charge in [0.2, 0.25) is 0 Å². The van der Waals surface area contributed by atoms with Gasteiger partial charge in [-0.3, -0.25) is 9.59 Å². The van der Waals surface area contributed by atoms with Crippen molar-refractivity contribution >= 4 is 11.9 Å². The molecule has 0 radical (unpaired) electrons. The molecule has 0 aromatic heterocycles. The first-order valence-corrected chi connectivity index (χ1v) is 4.94. The molecule has 1 aliphatic carbocycles. The molecular formula is C10H16O4. The first kappa shape index (κ1) is 11.0. The normalized spacial score (nSPS) is 23.1.